The molecule has 5 nitrogen and oxygen atoms in total. The van der Waals surface area contributed by atoms with E-state index in [4.69, 9.17) is 16.3 Å². The third-order valence-electron chi connectivity index (χ3n) is 2.67. The van der Waals surface area contributed by atoms with Gasteiger partial charge in [-0.25, -0.2) is 4.79 Å². The molecule has 1 aliphatic heterocycles. The second kappa shape index (κ2) is 5.27. The van der Waals surface area contributed by atoms with Gasteiger partial charge < -0.3 is 9.64 Å². The largest absolute Gasteiger partial charge is 0.458 e. The number of halogens is 1. The van der Waals surface area contributed by atoms with E-state index < -0.39 is 5.97 Å². The molecule has 0 amide bonds. The molecule has 1 fully saturated rings. The number of hydrazone groups is 1. The number of morpholine rings is 1. The van der Waals surface area contributed by atoms with Gasteiger partial charge in [0.2, 0.25) is 5.84 Å². The van der Waals surface area contributed by atoms with E-state index in [1.807, 2.05) is 19.1 Å². The van der Waals surface area contributed by atoms with Gasteiger partial charge in [0.1, 0.15) is 6.61 Å². The van der Waals surface area contributed by atoms with E-state index in [1.165, 1.54) is 0 Å². The third kappa shape index (κ3) is 2.73. The molecule has 0 radical (unpaired) electrons. The standard InChI is InChI=1S/C12H14ClN3O2/c1-8-3-4-9(7-10(8)13)14-15-11-12(17)18-6-5-16(11)2/h3-4,7,14H,5-6H2,1-2H3/b15-11+. The van der Waals surface area contributed by atoms with Gasteiger partial charge in [0.05, 0.1) is 12.2 Å². The summed E-state index contributed by atoms with van der Waals surface area (Å²) in [4.78, 5) is 13.2. The highest BCUT2D eigenvalue weighted by molar-refractivity contribution is 6.35. The predicted octanol–water partition coefficient (Wildman–Crippen LogP) is 1.86. The molecule has 1 aromatic carbocycles. The third-order valence-corrected chi connectivity index (χ3v) is 3.07. The molecule has 96 valence electrons. The highest BCUT2D eigenvalue weighted by Gasteiger charge is 2.23. The number of ether oxygens (including phenoxy) is 1. The number of hydrogen-bond acceptors (Lipinski definition) is 4. The molecule has 0 spiro atoms. The number of anilines is 1. The van der Waals surface area contributed by atoms with Crippen molar-refractivity contribution in [2.75, 3.05) is 25.6 Å². The Kier molecular flexibility index (Phi) is 3.72. The van der Waals surface area contributed by atoms with Crippen molar-refractivity contribution in [1.29, 1.82) is 0 Å². The van der Waals surface area contributed by atoms with Gasteiger partial charge in [-0.15, -0.1) is 5.10 Å². The van der Waals surface area contributed by atoms with Crippen LogP contribution in [0.15, 0.2) is 23.3 Å². The molecule has 0 aliphatic carbocycles. The maximum atomic E-state index is 11.5. The van der Waals surface area contributed by atoms with Gasteiger partial charge in [-0.3, -0.25) is 5.43 Å². The van der Waals surface area contributed by atoms with Crippen LogP contribution in [0.4, 0.5) is 5.69 Å². The van der Waals surface area contributed by atoms with Crippen molar-refractivity contribution in [2.45, 2.75) is 6.92 Å². The number of esters is 1. The zero-order valence-electron chi connectivity index (χ0n) is 10.2. The van der Waals surface area contributed by atoms with Gasteiger partial charge in [-0.05, 0) is 24.6 Å². The molecule has 0 unspecified atom stereocenters. The maximum Gasteiger partial charge on any atom is 0.376 e. The lowest BCUT2D eigenvalue weighted by Crippen LogP contribution is -2.43. The Bertz CT molecular complexity index is 502. The Morgan fingerprint density at radius 3 is 2.94 bits per heavy atom. The van der Waals surface area contributed by atoms with Crippen LogP contribution >= 0.6 is 11.6 Å². The van der Waals surface area contributed by atoms with Crippen LogP contribution in [0.5, 0.6) is 0 Å². The van der Waals surface area contributed by atoms with Gasteiger partial charge in [0.15, 0.2) is 0 Å². The first-order valence-corrected chi connectivity index (χ1v) is 5.94. The van der Waals surface area contributed by atoms with E-state index in [9.17, 15) is 4.79 Å². The minimum Gasteiger partial charge on any atom is -0.458 e. The molecule has 0 aromatic heterocycles. The number of aryl methyl sites for hydroxylation is 1. The minimum atomic E-state index is -0.422. The summed E-state index contributed by atoms with van der Waals surface area (Å²) < 4.78 is 4.91. The molecular formula is C12H14ClN3O2. The topological polar surface area (TPSA) is 53.9 Å². The maximum absolute atomic E-state index is 11.5. The molecule has 1 N–H and O–H groups in total. The molecule has 0 atom stereocenters. The summed E-state index contributed by atoms with van der Waals surface area (Å²) in [6.45, 7) is 2.95. The highest BCUT2D eigenvalue weighted by Crippen LogP contribution is 2.20. The summed E-state index contributed by atoms with van der Waals surface area (Å²) >= 11 is 6.00. The normalized spacial score (nSPS) is 17.8. The van der Waals surface area contributed by atoms with Crippen molar-refractivity contribution in [3.8, 4) is 0 Å². The zero-order valence-corrected chi connectivity index (χ0v) is 11.0. The Labute approximate surface area is 110 Å². The van der Waals surface area contributed by atoms with Crippen molar-refractivity contribution < 1.29 is 9.53 Å². The van der Waals surface area contributed by atoms with Crippen LogP contribution in [0.3, 0.4) is 0 Å². The van der Waals surface area contributed by atoms with Gasteiger partial charge >= 0.3 is 5.97 Å². The van der Waals surface area contributed by atoms with E-state index in [2.05, 4.69) is 10.5 Å². The monoisotopic (exact) mass is 267 g/mol. The van der Waals surface area contributed by atoms with Crippen LogP contribution in [0, 0.1) is 6.92 Å². The molecule has 18 heavy (non-hydrogen) atoms. The van der Waals surface area contributed by atoms with Crippen molar-refractivity contribution >= 4 is 29.1 Å². The van der Waals surface area contributed by atoms with Crippen LogP contribution < -0.4 is 5.43 Å². The van der Waals surface area contributed by atoms with Crippen LogP contribution in [0.1, 0.15) is 5.56 Å². The lowest BCUT2D eigenvalue weighted by Gasteiger charge is -2.24. The van der Waals surface area contributed by atoms with Crippen molar-refractivity contribution in [1.82, 2.24) is 4.90 Å². The van der Waals surface area contributed by atoms with Gasteiger partial charge in [-0.2, -0.15) is 0 Å². The Balaban J connectivity index is 2.13. The van der Waals surface area contributed by atoms with E-state index in [0.717, 1.165) is 11.3 Å². The summed E-state index contributed by atoms with van der Waals surface area (Å²) in [6, 6.07) is 5.49. The van der Waals surface area contributed by atoms with E-state index >= 15 is 0 Å². The van der Waals surface area contributed by atoms with E-state index in [-0.39, 0.29) is 5.84 Å². The summed E-state index contributed by atoms with van der Waals surface area (Å²) in [5.74, 6) is -0.160. The average molecular weight is 268 g/mol. The SMILES string of the molecule is Cc1ccc(N/N=C2\C(=O)OCCN2C)cc1Cl. The summed E-state index contributed by atoms with van der Waals surface area (Å²) in [6.07, 6.45) is 0. The second-order valence-corrected chi connectivity index (χ2v) is 4.48. The quantitative estimate of drug-likeness (QED) is 0.656. The number of carbonyl (C=O) groups is 1. The van der Waals surface area contributed by atoms with E-state index in [0.29, 0.717) is 18.2 Å². The molecule has 2 rings (SSSR count). The lowest BCUT2D eigenvalue weighted by molar-refractivity contribution is -0.138. The number of nitrogens with one attached hydrogen (secondary N) is 1. The summed E-state index contributed by atoms with van der Waals surface area (Å²) in [5, 5.41) is 4.70. The number of likely N-dealkylation sites (N-methyl/N-ethyl adjacent to an activating group) is 1. The molecule has 1 heterocycles. The Morgan fingerprint density at radius 1 is 1.50 bits per heavy atom. The van der Waals surface area contributed by atoms with Crippen LogP contribution in [-0.4, -0.2) is 36.9 Å². The zero-order chi connectivity index (χ0) is 13.1. The number of benzene rings is 1. The molecule has 1 aliphatic rings. The van der Waals surface area contributed by atoms with Crippen molar-refractivity contribution in [2.24, 2.45) is 5.10 Å². The number of nitrogens with zero attached hydrogens (tertiary/aromatic N) is 2. The molecule has 1 aromatic rings. The minimum absolute atomic E-state index is 0.262. The van der Waals surface area contributed by atoms with E-state index in [1.54, 1.807) is 18.0 Å². The molecule has 1 saturated heterocycles. The van der Waals surface area contributed by atoms with Crippen LogP contribution in [-0.2, 0) is 9.53 Å². The predicted molar refractivity (Wildman–Crippen MR) is 70.8 cm³/mol. The van der Waals surface area contributed by atoms with Crippen LogP contribution in [0.2, 0.25) is 5.02 Å². The summed E-state index contributed by atoms with van der Waals surface area (Å²) in [5.41, 5.74) is 4.52. The molecule has 0 bridgehead atoms. The van der Waals surface area contributed by atoms with Crippen molar-refractivity contribution in [3.05, 3.63) is 28.8 Å². The summed E-state index contributed by atoms with van der Waals surface area (Å²) in [7, 11) is 1.79. The molecule has 0 saturated carbocycles. The second-order valence-electron chi connectivity index (χ2n) is 4.07. The lowest BCUT2D eigenvalue weighted by atomic mass is 10.2. The highest BCUT2D eigenvalue weighted by atomic mass is 35.5. The fourth-order valence-electron chi connectivity index (χ4n) is 1.51. The fourth-order valence-corrected chi connectivity index (χ4v) is 1.69. The number of carbonyl (C=O) groups excluding carboxylic acids is 1. The number of amidine groups is 1. The van der Waals surface area contributed by atoms with Gasteiger partial charge in [0.25, 0.3) is 0 Å². The molecular weight excluding hydrogens is 254 g/mol. The van der Waals surface area contributed by atoms with Gasteiger partial charge in [-0.1, -0.05) is 17.7 Å². The first kappa shape index (κ1) is 12.7. The fraction of sp³-hybridized carbons (Fsp3) is 0.333. The Morgan fingerprint density at radius 2 is 2.28 bits per heavy atom. The number of cyclic esters (lactones) is 1. The average Bonchev–Trinajstić information content (AvgIpc) is 2.33. The Hall–Kier alpha value is -1.75. The van der Waals surface area contributed by atoms with Gasteiger partial charge in [0, 0.05) is 12.1 Å². The van der Waals surface area contributed by atoms with Crippen LogP contribution in [0.25, 0.3) is 0 Å². The molecule has 6 heteroatoms. The first-order chi connectivity index (χ1) is 8.58. The van der Waals surface area contributed by atoms with Crippen molar-refractivity contribution in [3.63, 3.8) is 0 Å². The number of rotatable bonds is 2. The first-order valence-electron chi connectivity index (χ1n) is 5.56. The number of hydrogen-bond donors (Lipinski definition) is 1. The smallest absolute Gasteiger partial charge is 0.376 e.